The molecule has 4 aromatic rings. The molecule has 1 aliphatic rings. The van der Waals surface area contributed by atoms with Gasteiger partial charge in [-0.2, -0.15) is 10.2 Å². The van der Waals surface area contributed by atoms with Gasteiger partial charge in [0.15, 0.2) is 11.4 Å². The number of likely N-dealkylation sites (tertiary alicyclic amines) is 1. The number of hydrogen-bond acceptors (Lipinski definition) is 7. The fourth-order valence-corrected chi connectivity index (χ4v) is 4.46. The molecule has 5 rings (SSSR count). The van der Waals surface area contributed by atoms with Crippen LogP contribution in [-0.2, 0) is 16.1 Å². The van der Waals surface area contributed by atoms with E-state index in [9.17, 15) is 14.4 Å². The highest BCUT2D eigenvalue weighted by molar-refractivity contribution is 6.05. The lowest BCUT2D eigenvalue weighted by molar-refractivity contribution is -0.135. The van der Waals surface area contributed by atoms with Crippen molar-refractivity contribution in [2.24, 2.45) is 5.92 Å². The molecular weight excluding hydrogens is 422 g/mol. The van der Waals surface area contributed by atoms with E-state index < -0.39 is 6.04 Å². The molecule has 10 heteroatoms. The molecule has 10 nitrogen and oxygen atoms in total. The van der Waals surface area contributed by atoms with Crippen molar-refractivity contribution in [3.05, 3.63) is 42.1 Å². The summed E-state index contributed by atoms with van der Waals surface area (Å²) in [6, 6.07) is 3.25. The van der Waals surface area contributed by atoms with Gasteiger partial charge in [0.2, 0.25) is 5.91 Å². The lowest BCUT2D eigenvalue weighted by atomic mass is 10.1. The highest BCUT2D eigenvalue weighted by Gasteiger charge is 2.33. The summed E-state index contributed by atoms with van der Waals surface area (Å²) in [5, 5.41) is 9.42. The minimum atomic E-state index is -0.417. The molecule has 0 aliphatic carbocycles. The number of fused-ring (bicyclic) bond motifs is 2. The Morgan fingerprint density at radius 3 is 2.76 bits per heavy atom. The third-order valence-corrected chi connectivity index (χ3v) is 6.02. The quantitative estimate of drug-likeness (QED) is 0.341. The molecule has 1 saturated heterocycles. The van der Waals surface area contributed by atoms with Crippen LogP contribution < -0.4 is 0 Å². The SMILES string of the molecule is CC(=O)c1nn(CC(=O)N2CC(C)CC2C=O)c2cnc(-c3cnc4cc(C)nn4c3)cc12. The van der Waals surface area contributed by atoms with Crippen LogP contribution in [0.25, 0.3) is 27.8 Å². The Hall–Kier alpha value is -3.95. The van der Waals surface area contributed by atoms with Crippen molar-refractivity contribution in [1.82, 2.24) is 34.3 Å². The minimum absolute atomic E-state index is 0.0675. The maximum atomic E-state index is 13.0. The maximum Gasteiger partial charge on any atom is 0.244 e. The highest BCUT2D eigenvalue weighted by Crippen LogP contribution is 2.26. The largest absolute Gasteiger partial charge is 0.331 e. The maximum absolute atomic E-state index is 13.0. The number of amides is 1. The molecule has 2 atom stereocenters. The predicted molar refractivity (Wildman–Crippen MR) is 120 cm³/mol. The molecule has 33 heavy (non-hydrogen) atoms. The zero-order valence-electron chi connectivity index (χ0n) is 18.6. The lowest BCUT2D eigenvalue weighted by Gasteiger charge is -2.20. The van der Waals surface area contributed by atoms with Gasteiger partial charge in [0.25, 0.3) is 0 Å². The average molecular weight is 445 g/mol. The molecule has 2 unspecified atom stereocenters. The number of pyridine rings is 1. The molecule has 0 N–H and O–H groups in total. The van der Waals surface area contributed by atoms with Crippen LogP contribution in [0.5, 0.6) is 0 Å². The van der Waals surface area contributed by atoms with Gasteiger partial charge in [-0.25, -0.2) is 9.50 Å². The van der Waals surface area contributed by atoms with E-state index in [4.69, 9.17) is 0 Å². The van der Waals surface area contributed by atoms with Crippen LogP contribution >= 0.6 is 0 Å². The monoisotopic (exact) mass is 445 g/mol. The van der Waals surface area contributed by atoms with Crippen molar-refractivity contribution in [2.75, 3.05) is 6.54 Å². The molecule has 1 amide bonds. The summed E-state index contributed by atoms with van der Waals surface area (Å²) in [6.07, 6.45) is 6.63. The number of nitrogens with zero attached hydrogens (tertiary/aromatic N) is 7. The summed E-state index contributed by atoms with van der Waals surface area (Å²) in [7, 11) is 0. The average Bonchev–Trinajstić information content (AvgIpc) is 3.46. The van der Waals surface area contributed by atoms with Crippen molar-refractivity contribution >= 4 is 34.5 Å². The smallest absolute Gasteiger partial charge is 0.244 e. The second kappa shape index (κ2) is 7.88. The summed E-state index contributed by atoms with van der Waals surface area (Å²) < 4.78 is 3.18. The van der Waals surface area contributed by atoms with E-state index in [-0.39, 0.29) is 29.8 Å². The zero-order valence-corrected chi connectivity index (χ0v) is 18.6. The van der Waals surface area contributed by atoms with E-state index >= 15 is 0 Å². The first-order valence-electron chi connectivity index (χ1n) is 10.8. The van der Waals surface area contributed by atoms with Crippen molar-refractivity contribution in [2.45, 2.75) is 39.8 Å². The van der Waals surface area contributed by atoms with Gasteiger partial charge in [0.05, 0.1) is 29.1 Å². The number of hydrogen-bond donors (Lipinski definition) is 0. The molecule has 0 aromatic carbocycles. The normalized spacial score (nSPS) is 18.3. The predicted octanol–water partition coefficient (Wildman–Crippen LogP) is 2.09. The Bertz CT molecular complexity index is 1420. The standard InChI is InChI=1S/C23H23N7O3/c1-13-4-17(12-31)28(9-13)22(33)11-29-20-8-24-19(6-18(20)23(27-29)15(3)32)16-7-25-21-5-14(2)26-30(21)10-16/h5-8,10,12-13,17H,4,9,11H2,1-3H3. The van der Waals surface area contributed by atoms with Crippen LogP contribution in [0.4, 0.5) is 0 Å². The highest BCUT2D eigenvalue weighted by atomic mass is 16.2. The molecule has 0 bridgehead atoms. The van der Waals surface area contributed by atoms with Crippen molar-refractivity contribution in [3.8, 4) is 11.3 Å². The van der Waals surface area contributed by atoms with Gasteiger partial charge in [-0.15, -0.1) is 0 Å². The van der Waals surface area contributed by atoms with Crippen LogP contribution in [-0.4, -0.2) is 64.8 Å². The number of carbonyl (C=O) groups excluding carboxylic acids is 3. The molecule has 0 spiro atoms. The molecule has 1 aliphatic heterocycles. The van der Waals surface area contributed by atoms with Crippen molar-refractivity contribution in [1.29, 1.82) is 0 Å². The Kier molecular flexibility index (Phi) is 4.99. The third-order valence-electron chi connectivity index (χ3n) is 6.02. The number of aromatic nitrogens is 6. The molecule has 1 fully saturated rings. The third kappa shape index (κ3) is 3.67. The summed E-state index contributed by atoms with van der Waals surface area (Å²) in [4.78, 5) is 47.2. The van der Waals surface area contributed by atoms with Gasteiger partial charge in [0.1, 0.15) is 18.5 Å². The summed E-state index contributed by atoms with van der Waals surface area (Å²) in [5.41, 5.74) is 3.80. The fraction of sp³-hybridized carbons (Fsp3) is 0.348. The fourth-order valence-electron chi connectivity index (χ4n) is 4.46. The van der Waals surface area contributed by atoms with E-state index in [1.54, 1.807) is 27.9 Å². The number of aldehydes is 1. The van der Waals surface area contributed by atoms with Gasteiger partial charge >= 0.3 is 0 Å². The van der Waals surface area contributed by atoms with Crippen LogP contribution in [0, 0.1) is 12.8 Å². The number of ketones is 1. The van der Waals surface area contributed by atoms with E-state index in [2.05, 4.69) is 20.2 Å². The first kappa shape index (κ1) is 20.9. The van der Waals surface area contributed by atoms with Gasteiger partial charge in [0, 0.05) is 42.9 Å². The Balaban J connectivity index is 1.52. The molecule has 5 heterocycles. The number of Topliss-reactive ketones (excluding diaryl/α,β-unsaturated/α-hetero) is 1. The lowest BCUT2D eigenvalue weighted by Crippen LogP contribution is -2.38. The second-order valence-corrected chi connectivity index (χ2v) is 8.67. The van der Waals surface area contributed by atoms with Gasteiger partial charge < -0.3 is 9.69 Å². The number of carbonyl (C=O) groups is 3. The molecule has 4 aromatic heterocycles. The van der Waals surface area contributed by atoms with E-state index in [1.807, 2.05) is 26.1 Å². The molecule has 0 radical (unpaired) electrons. The first-order valence-corrected chi connectivity index (χ1v) is 10.8. The van der Waals surface area contributed by atoms with Crippen LogP contribution in [0.2, 0.25) is 0 Å². The Labute approximate surface area is 189 Å². The van der Waals surface area contributed by atoms with Crippen molar-refractivity contribution < 1.29 is 14.4 Å². The second-order valence-electron chi connectivity index (χ2n) is 8.67. The molecule has 168 valence electrons. The van der Waals surface area contributed by atoms with Crippen LogP contribution in [0.15, 0.2) is 30.7 Å². The van der Waals surface area contributed by atoms with E-state index in [0.717, 1.165) is 23.2 Å². The van der Waals surface area contributed by atoms with Crippen LogP contribution in [0.1, 0.15) is 36.5 Å². The van der Waals surface area contributed by atoms with E-state index in [1.165, 1.54) is 11.6 Å². The summed E-state index contributed by atoms with van der Waals surface area (Å²) in [5.74, 6) is -0.149. The summed E-state index contributed by atoms with van der Waals surface area (Å²) in [6.45, 7) is 5.82. The van der Waals surface area contributed by atoms with Gasteiger partial charge in [-0.05, 0) is 25.3 Å². The van der Waals surface area contributed by atoms with Gasteiger partial charge in [-0.3, -0.25) is 19.3 Å². The molecule has 0 saturated carbocycles. The number of aryl methyl sites for hydroxylation is 1. The van der Waals surface area contributed by atoms with Gasteiger partial charge in [-0.1, -0.05) is 6.92 Å². The minimum Gasteiger partial charge on any atom is -0.331 e. The Morgan fingerprint density at radius 1 is 1.18 bits per heavy atom. The number of rotatable bonds is 5. The summed E-state index contributed by atoms with van der Waals surface area (Å²) >= 11 is 0. The zero-order chi connectivity index (χ0) is 23.3. The Morgan fingerprint density at radius 2 is 2.00 bits per heavy atom. The van der Waals surface area contributed by atoms with Crippen molar-refractivity contribution in [3.63, 3.8) is 0 Å². The van der Waals surface area contributed by atoms with Crippen LogP contribution in [0.3, 0.4) is 0 Å². The molecular formula is C23H23N7O3. The first-order chi connectivity index (χ1) is 15.8. The van der Waals surface area contributed by atoms with E-state index in [0.29, 0.717) is 29.6 Å². The topological polar surface area (TPSA) is 115 Å².